The van der Waals surface area contributed by atoms with Gasteiger partial charge in [0.1, 0.15) is 5.70 Å². The predicted octanol–water partition coefficient (Wildman–Crippen LogP) is 2.12. The molecule has 16 heavy (non-hydrogen) atoms. The molecule has 3 amide bonds. The van der Waals surface area contributed by atoms with Gasteiger partial charge in [-0.15, -0.1) is 0 Å². The summed E-state index contributed by atoms with van der Waals surface area (Å²) in [5.74, 6) is -0.0914. The maximum Gasteiger partial charge on any atom is 0.331 e. The second kappa shape index (κ2) is 4.28. The lowest BCUT2D eigenvalue weighted by Crippen LogP contribution is -2.32. The second-order valence-corrected chi connectivity index (χ2v) is 4.24. The van der Waals surface area contributed by atoms with E-state index in [-0.39, 0.29) is 11.9 Å². The number of amides is 3. The molecule has 1 saturated carbocycles. The smallest absolute Gasteiger partial charge is 0.289 e. The number of carbonyl (C=O) groups excluding carboxylic acids is 2. The number of imide groups is 1. The molecular formula is C12H18N2O2. The number of rotatable bonds is 2. The molecule has 0 radical (unpaired) electrons. The summed E-state index contributed by atoms with van der Waals surface area (Å²) in [4.78, 5) is 27.0. The molecule has 1 aliphatic carbocycles. The Labute approximate surface area is 95.9 Å². The van der Waals surface area contributed by atoms with Crippen LogP contribution in [-0.2, 0) is 4.79 Å². The average molecular weight is 222 g/mol. The van der Waals surface area contributed by atoms with E-state index >= 15 is 0 Å². The molecule has 0 bridgehead atoms. The number of likely N-dealkylation sites (N-methyl/N-ethyl adjacent to an activating group) is 2. The molecule has 4 nitrogen and oxygen atoms in total. The summed E-state index contributed by atoms with van der Waals surface area (Å²) in [5.41, 5.74) is 1.85. The highest BCUT2D eigenvalue weighted by molar-refractivity contribution is 6.12. The Balaban J connectivity index is 2.40. The highest BCUT2D eigenvalue weighted by Gasteiger charge is 2.40. The van der Waals surface area contributed by atoms with Gasteiger partial charge in [0, 0.05) is 13.1 Å². The first kappa shape index (κ1) is 11.2. The highest BCUT2D eigenvalue weighted by atomic mass is 16.2. The summed E-state index contributed by atoms with van der Waals surface area (Å²) in [6, 6.07) is -0.149. The molecule has 2 rings (SSSR count). The predicted molar refractivity (Wildman–Crippen MR) is 60.7 cm³/mol. The standard InChI is InChI=1S/C12H18N2O2/c1-3-13-10(9-7-5-6-8-9)11(15)14(4-2)12(13)16/h3-8H2,1-2H3. The zero-order valence-corrected chi connectivity index (χ0v) is 9.95. The molecular weight excluding hydrogens is 204 g/mol. The fourth-order valence-electron chi connectivity index (χ4n) is 2.52. The van der Waals surface area contributed by atoms with Gasteiger partial charge in [-0.2, -0.15) is 0 Å². The molecule has 0 N–H and O–H groups in total. The Hall–Kier alpha value is -1.32. The number of urea groups is 1. The zero-order chi connectivity index (χ0) is 11.7. The van der Waals surface area contributed by atoms with E-state index in [4.69, 9.17) is 0 Å². The van der Waals surface area contributed by atoms with Crippen molar-refractivity contribution in [2.24, 2.45) is 0 Å². The van der Waals surface area contributed by atoms with Crippen molar-refractivity contribution in [3.63, 3.8) is 0 Å². The molecule has 4 heteroatoms. The fourth-order valence-corrected chi connectivity index (χ4v) is 2.52. The second-order valence-electron chi connectivity index (χ2n) is 4.24. The highest BCUT2D eigenvalue weighted by Crippen LogP contribution is 2.32. The molecule has 1 heterocycles. The summed E-state index contributed by atoms with van der Waals surface area (Å²) >= 11 is 0. The molecule has 1 saturated heterocycles. The van der Waals surface area contributed by atoms with Crippen molar-refractivity contribution in [1.29, 1.82) is 0 Å². The summed E-state index contributed by atoms with van der Waals surface area (Å²) in [6.45, 7) is 4.80. The molecule has 0 atom stereocenters. The van der Waals surface area contributed by atoms with Crippen molar-refractivity contribution < 1.29 is 9.59 Å². The molecule has 88 valence electrons. The maximum absolute atomic E-state index is 12.1. The zero-order valence-electron chi connectivity index (χ0n) is 9.95. The van der Waals surface area contributed by atoms with Crippen LogP contribution in [0, 0.1) is 0 Å². The van der Waals surface area contributed by atoms with Crippen LogP contribution in [0.15, 0.2) is 11.3 Å². The van der Waals surface area contributed by atoms with Crippen molar-refractivity contribution in [2.75, 3.05) is 13.1 Å². The SMILES string of the molecule is CCN1C(=O)C(=C2CCCC2)N(CC)C1=O. The lowest BCUT2D eigenvalue weighted by atomic mass is 10.1. The van der Waals surface area contributed by atoms with E-state index in [1.54, 1.807) is 4.90 Å². The largest absolute Gasteiger partial charge is 0.331 e. The van der Waals surface area contributed by atoms with Crippen LogP contribution in [0.4, 0.5) is 4.79 Å². The van der Waals surface area contributed by atoms with Crippen molar-refractivity contribution in [3.05, 3.63) is 11.3 Å². The summed E-state index contributed by atoms with van der Waals surface area (Å²) in [7, 11) is 0. The van der Waals surface area contributed by atoms with E-state index in [0.29, 0.717) is 18.8 Å². The quantitative estimate of drug-likeness (QED) is 0.530. The third-order valence-electron chi connectivity index (χ3n) is 3.35. The van der Waals surface area contributed by atoms with Gasteiger partial charge in [-0.05, 0) is 45.1 Å². The lowest BCUT2D eigenvalue weighted by molar-refractivity contribution is -0.123. The van der Waals surface area contributed by atoms with E-state index in [1.165, 1.54) is 10.5 Å². The Morgan fingerprint density at radius 3 is 2.06 bits per heavy atom. The number of hydrogen-bond acceptors (Lipinski definition) is 2. The van der Waals surface area contributed by atoms with E-state index in [9.17, 15) is 9.59 Å². The molecule has 0 aromatic rings. The van der Waals surface area contributed by atoms with Crippen molar-refractivity contribution in [3.8, 4) is 0 Å². The lowest BCUT2D eigenvalue weighted by Gasteiger charge is -2.14. The van der Waals surface area contributed by atoms with Crippen LogP contribution in [0.2, 0.25) is 0 Å². The van der Waals surface area contributed by atoms with Crippen LogP contribution in [0.1, 0.15) is 39.5 Å². The van der Waals surface area contributed by atoms with Crippen molar-refractivity contribution in [2.45, 2.75) is 39.5 Å². The van der Waals surface area contributed by atoms with E-state index < -0.39 is 0 Å². The summed E-state index contributed by atoms with van der Waals surface area (Å²) < 4.78 is 0. The Kier molecular flexibility index (Phi) is 2.99. The van der Waals surface area contributed by atoms with Gasteiger partial charge in [-0.1, -0.05) is 0 Å². The number of hydrogen-bond donors (Lipinski definition) is 0. The minimum Gasteiger partial charge on any atom is -0.289 e. The van der Waals surface area contributed by atoms with Crippen LogP contribution < -0.4 is 0 Å². The van der Waals surface area contributed by atoms with Gasteiger partial charge >= 0.3 is 6.03 Å². The van der Waals surface area contributed by atoms with Gasteiger partial charge in [-0.3, -0.25) is 14.6 Å². The van der Waals surface area contributed by atoms with Gasteiger partial charge in [-0.25, -0.2) is 4.79 Å². The van der Waals surface area contributed by atoms with Gasteiger partial charge in [0.2, 0.25) is 0 Å². The Bertz CT molecular complexity index is 352. The van der Waals surface area contributed by atoms with Crippen molar-refractivity contribution in [1.82, 2.24) is 9.80 Å². The van der Waals surface area contributed by atoms with E-state index in [0.717, 1.165) is 25.7 Å². The third-order valence-corrected chi connectivity index (χ3v) is 3.35. The maximum atomic E-state index is 12.1. The van der Waals surface area contributed by atoms with E-state index in [2.05, 4.69) is 0 Å². The topological polar surface area (TPSA) is 40.6 Å². The van der Waals surface area contributed by atoms with Crippen molar-refractivity contribution >= 4 is 11.9 Å². The number of nitrogens with zero attached hydrogens (tertiary/aromatic N) is 2. The molecule has 2 fully saturated rings. The van der Waals surface area contributed by atoms with Gasteiger partial charge in [0.05, 0.1) is 0 Å². The molecule has 2 aliphatic rings. The molecule has 0 unspecified atom stereocenters. The minimum atomic E-state index is -0.149. The monoisotopic (exact) mass is 222 g/mol. The van der Waals surface area contributed by atoms with Gasteiger partial charge < -0.3 is 0 Å². The average Bonchev–Trinajstić information content (AvgIpc) is 2.85. The molecule has 0 aromatic carbocycles. The van der Waals surface area contributed by atoms with Crippen LogP contribution in [0.5, 0.6) is 0 Å². The Morgan fingerprint density at radius 2 is 1.56 bits per heavy atom. The van der Waals surface area contributed by atoms with Crippen LogP contribution >= 0.6 is 0 Å². The normalized spacial score (nSPS) is 21.6. The fraction of sp³-hybridized carbons (Fsp3) is 0.667. The minimum absolute atomic E-state index is 0.0914. The molecule has 0 aromatic heterocycles. The van der Waals surface area contributed by atoms with Crippen LogP contribution in [0.3, 0.4) is 0 Å². The summed E-state index contributed by atoms with van der Waals surface area (Å²) in [5, 5.41) is 0. The van der Waals surface area contributed by atoms with E-state index in [1.807, 2.05) is 13.8 Å². The van der Waals surface area contributed by atoms with Crippen LogP contribution in [-0.4, -0.2) is 34.8 Å². The number of allylic oxidation sites excluding steroid dienone is 1. The molecule has 0 spiro atoms. The third kappa shape index (κ3) is 1.52. The van der Waals surface area contributed by atoms with Gasteiger partial charge in [0.25, 0.3) is 5.91 Å². The first-order valence-corrected chi connectivity index (χ1v) is 6.06. The first-order valence-electron chi connectivity index (χ1n) is 6.06. The summed E-state index contributed by atoms with van der Waals surface area (Å²) in [6.07, 6.45) is 4.23. The number of carbonyl (C=O) groups is 2. The van der Waals surface area contributed by atoms with Crippen LogP contribution in [0.25, 0.3) is 0 Å². The molecule has 1 aliphatic heterocycles. The first-order chi connectivity index (χ1) is 7.70. The van der Waals surface area contributed by atoms with Gasteiger partial charge in [0.15, 0.2) is 0 Å². The Morgan fingerprint density at radius 1 is 1.00 bits per heavy atom.